The lowest BCUT2D eigenvalue weighted by Gasteiger charge is -2.32. The first-order valence-corrected chi connectivity index (χ1v) is 12.6. The van der Waals surface area contributed by atoms with Crippen LogP contribution in [0.5, 0.6) is 0 Å². The zero-order valence-electron chi connectivity index (χ0n) is 19.4. The summed E-state index contributed by atoms with van der Waals surface area (Å²) >= 11 is 1.38. The smallest absolute Gasteiger partial charge is 0.196 e. The SMILES string of the molecule is C[C@H](Sc1nnc([C@@H](C)N2CCCCC2)n1-c1ccc(F)cc1)C(=O)c1c[nH]c2ccccc12. The molecule has 1 N–H and O–H groups in total. The minimum atomic E-state index is -0.374. The highest BCUT2D eigenvalue weighted by Gasteiger charge is 2.28. The number of aromatic nitrogens is 4. The molecular formula is C26H28FN5OS. The fourth-order valence-electron chi connectivity index (χ4n) is 4.64. The summed E-state index contributed by atoms with van der Waals surface area (Å²) in [7, 11) is 0. The third-order valence-corrected chi connectivity index (χ3v) is 7.60. The van der Waals surface area contributed by atoms with Gasteiger partial charge in [0.1, 0.15) is 5.82 Å². The van der Waals surface area contributed by atoms with E-state index in [4.69, 9.17) is 0 Å². The van der Waals surface area contributed by atoms with Gasteiger partial charge in [-0.3, -0.25) is 14.3 Å². The van der Waals surface area contributed by atoms with Crippen molar-refractivity contribution in [3.63, 3.8) is 0 Å². The molecule has 34 heavy (non-hydrogen) atoms. The summed E-state index contributed by atoms with van der Waals surface area (Å²) in [5, 5.41) is 10.2. The quantitative estimate of drug-likeness (QED) is 0.269. The molecule has 176 valence electrons. The minimum Gasteiger partial charge on any atom is -0.360 e. The molecule has 0 unspecified atom stereocenters. The molecule has 0 bridgehead atoms. The normalized spacial score (nSPS) is 16.6. The Morgan fingerprint density at radius 3 is 2.53 bits per heavy atom. The van der Waals surface area contributed by atoms with Crippen molar-refractivity contribution in [1.29, 1.82) is 0 Å². The second-order valence-electron chi connectivity index (χ2n) is 8.80. The Kier molecular flexibility index (Phi) is 6.52. The van der Waals surface area contributed by atoms with E-state index in [0.717, 1.165) is 35.5 Å². The molecule has 0 amide bonds. The molecule has 0 aliphatic carbocycles. The van der Waals surface area contributed by atoms with Crippen LogP contribution in [0.4, 0.5) is 4.39 Å². The molecule has 2 atom stereocenters. The first kappa shape index (κ1) is 22.8. The van der Waals surface area contributed by atoms with Crippen LogP contribution in [0.2, 0.25) is 0 Å². The number of para-hydroxylation sites is 1. The predicted molar refractivity (Wildman–Crippen MR) is 133 cm³/mol. The Labute approximate surface area is 202 Å². The van der Waals surface area contributed by atoms with Gasteiger partial charge in [0, 0.05) is 28.4 Å². The van der Waals surface area contributed by atoms with Crippen LogP contribution in [-0.4, -0.2) is 48.8 Å². The molecule has 5 rings (SSSR count). The lowest BCUT2D eigenvalue weighted by molar-refractivity contribution is 0.0995. The van der Waals surface area contributed by atoms with Gasteiger partial charge < -0.3 is 4.98 Å². The van der Waals surface area contributed by atoms with Gasteiger partial charge in [0.2, 0.25) is 0 Å². The van der Waals surface area contributed by atoms with E-state index in [1.54, 1.807) is 18.3 Å². The van der Waals surface area contributed by atoms with Crippen molar-refractivity contribution in [1.82, 2.24) is 24.6 Å². The van der Waals surface area contributed by atoms with E-state index in [1.807, 2.05) is 35.8 Å². The van der Waals surface area contributed by atoms with Gasteiger partial charge in [0.05, 0.1) is 11.3 Å². The van der Waals surface area contributed by atoms with Crippen molar-refractivity contribution in [2.45, 2.75) is 49.6 Å². The van der Waals surface area contributed by atoms with Crippen molar-refractivity contribution in [2.75, 3.05) is 13.1 Å². The fourth-order valence-corrected chi connectivity index (χ4v) is 5.58. The molecule has 0 saturated carbocycles. The molecule has 3 heterocycles. The maximum absolute atomic E-state index is 13.7. The van der Waals surface area contributed by atoms with Gasteiger partial charge in [0.15, 0.2) is 16.8 Å². The van der Waals surface area contributed by atoms with Crippen molar-refractivity contribution in [3.8, 4) is 5.69 Å². The number of nitrogens with one attached hydrogen (secondary N) is 1. The Balaban J connectivity index is 1.47. The second-order valence-corrected chi connectivity index (χ2v) is 10.1. The summed E-state index contributed by atoms with van der Waals surface area (Å²) in [6.07, 6.45) is 5.38. The maximum Gasteiger partial charge on any atom is 0.196 e. The Hall–Kier alpha value is -2.97. The van der Waals surface area contributed by atoms with Crippen LogP contribution >= 0.6 is 11.8 Å². The third-order valence-electron chi connectivity index (χ3n) is 6.56. The number of likely N-dealkylation sites (tertiary alicyclic amines) is 1. The van der Waals surface area contributed by atoms with Gasteiger partial charge in [-0.15, -0.1) is 10.2 Å². The predicted octanol–water partition coefficient (Wildman–Crippen LogP) is 5.80. The summed E-state index contributed by atoms with van der Waals surface area (Å²) in [5.74, 6) is 0.545. The molecule has 1 aliphatic heterocycles. The number of thioether (sulfide) groups is 1. The molecule has 6 nitrogen and oxygen atoms in total. The molecule has 2 aromatic carbocycles. The number of hydrogen-bond acceptors (Lipinski definition) is 5. The van der Waals surface area contributed by atoms with Gasteiger partial charge in [0.25, 0.3) is 0 Å². The highest BCUT2D eigenvalue weighted by molar-refractivity contribution is 8.00. The van der Waals surface area contributed by atoms with Gasteiger partial charge in [-0.05, 0) is 70.1 Å². The number of nitrogens with zero attached hydrogens (tertiary/aromatic N) is 4. The number of fused-ring (bicyclic) bond motifs is 1. The van der Waals surface area contributed by atoms with E-state index in [0.29, 0.717) is 10.7 Å². The summed E-state index contributed by atoms with van der Waals surface area (Å²) < 4.78 is 15.7. The molecule has 2 aromatic heterocycles. The first-order chi connectivity index (χ1) is 16.5. The molecular weight excluding hydrogens is 449 g/mol. The zero-order valence-corrected chi connectivity index (χ0v) is 20.2. The second kappa shape index (κ2) is 9.72. The van der Waals surface area contributed by atoms with Crippen LogP contribution in [0.1, 0.15) is 55.3 Å². The van der Waals surface area contributed by atoms with Gasteiger partial charge in [-0.1, -0.05) is 36.4 Å². The number of piperidine rings is 1. The van der Waals surface area contributed by atoms with Crippen LogP contribution in [0, 0.1) is 5.82 Å². The van der Waals surface area contributed by atoms with Crippen LogP contribution < -0.4 is 0 Å². The number of rotatable bonds is 7. The van der Waals surface area contributed by atoms with E-state index in [2.05, 4.69) is 27.0 Å². The Morgan fingerprint density at radius 2 is 1.76 bits per heavy atom. The molecule has 1 fully saturated rings. The summed E-state index contributed by atoms with van der Waals surface area (Å²) in [5.41, 5.74) is 2.40. The first-order valence-electron chi connectivity index (χ1n) is 11.7. The van der Waals surface area contributed by atoms with Crippen molar-refractivity contribution in [2.24, 2.45) is 0 Å². The van der Waals surface area contributed by atoms with E-state index < -0.39 is 0 Å². The van der Waals surface area contributed by atoms with Crippen LogP contribution in [-0.2, 0) is 0 Å². The summed E-state index contributed by atoms with van der Waals surface area (Å²) in [4.78, 5) is 18.9. The van der Waals surface area contributed by atoms with Gasteiger partial charge >= 0.3 is 0 Å². The number of H-pyrrole nitrogens is 1. The van der Waals surface area contributed by atoms with E-state index in [1.165, 1.54) is 43.2 Å². The van der Waals surface area contributed by atoms with E-state index >= 15 is 0 Å². The monoisotopic (exact) mass is 477 g/mol. The van der Waals surface area contributed by atoms with Crippen LogP contribution in [0.15, 0.2) is 59.9 Å². The number of benzene rings is 2. The third kappa shape index (κ3) is 4.40. The molecule has 1 saturated heterocycles. The summed E-state index contributed by atoms with van der Waals surface area (Å²) in [6, 6.07) is 14.2. The molecule has 0 radical (unpaired) electrons. The van der Waals surface area contributed by atoms with Crippen molar-refractivity contribution in [3.05, 3.63) is 71.9 Å². The number of Topliss-reactive ketones (excluding diaryl/α,β-unsaturated/α-hetero) is 1. The lowest BCUT2D eigenvalue weighted by atomic mass is 10.1. The van der Waals surface area contributed by atoms with Crippen molar-refractivity contribution < 1.29 is 9.18 Å². The standard InChI is InChI=1S/C26H28FN5OS/c1-17(31-14-6-3-7-15-31)25-29-30-26(32(25)20-12-10-19(27)11-13-20)34-18(2)24(33)22-16-28-23-9-5-4-8-21(22)23/h4-5,8-13,16-18,28H,3,6-7,14-15H2,1-2H3/t17-,18+/m1/s1. The summed E-state index contributed by atoms with van der Waals surface area (Å²) in [6.45, 7) is 6.08. The topological polar surface area (TPSA) is 66.8 Å². The van der Waals surface area contributed by atoms with Crippen LogP contribution in [0.25, 0.3) is 16.6 Å². The number of halogens is 1. The highest BCUT2D eigenvalue weighted by Crippen LogP contribution is 2.33. The van der Waals surface area contributed by atoms with E-state index in [9.17, 15) is 9.18 Å². The number of carbonyl (C=O) groups is 1. The van der Waals surface area contributed by atoms with Gasteiger partial charge in [-0.25, -0.2) is 4.39 Å². The highest BCUT2D eigenvalue weighted by atomic mass is 32.2. The molecule has 0 spiro atoms. The van der Waals surface area contributed by atoms with Gasteiger partial charge in [-0.2, -0.15) is 0 Å². The molecule has 8 heteroatoms. The maximum atomic E-state index is 13.7. The molecule has 1 aliphatic rings. The molecule has 4 aromatic rings. The van der Waals surface area contributed by atoms with E-state index in [-0.39, 0.29) is 22.9 Å². The number of aromatic amines is 1. The Bertz CT molecular complexity index is 1290. The average molecular weight is 478 g/mol. The lowest BCUT2D eigenvalue weighted by Crippen LogP contribution is -2.33. The average Bonchev–Trinajstić information content (AvgIpc) is 3.49. The number of carbonyl (C=O) groups excluding carboxylic acids is 1. The van der Waals surface area contributed by atoms with Crippen LogP contribution in [0.3, 0.4) is 0 Å². The Morgan fingerprint density at radius 1 is 1.03 bits per heavy atom. The van der Waals surface area contributed by atoms with Crippen molar-refractivity contribution >= 4 is 28.4 Å². The fraction of sp³-hybridized carbons (Fsp3) is 0.346. The largest absolute Gasteiger partial charge is 0.360 e. The zero-order chi connectivity index (χ0) is 23.7. The minimum absolute atomic E-state index is 0.0294. The number of ketones is 1. The number of hydrogen-bond donors (Lipinski definition) is 1.